The molecule has 1 aromatic carbocycles. The molecule has 1 nitrogen and oxygen atoms in total. The molecule has 0 fully saturated rings. The Kier molecular flexibility index (Phi) is 2.84. The van der Waals surface area contributed by atoms with Crippen LogP contribution >= 0.6 is 11.8 Å². The predicted octanol–water partition coefficient (Wildman–Crippen LogP) is 3.54. The maximum absolute atomic E-state index is 4.25. The molecule has 0 saturated heterocycles. The first-order valence-electron chi connectivity index (χ1n) is 4.51. The van der Waals surface area contributed by atoms with E-state index in [2.05, 4.69) is 23.2 Å². The SMILES string of the molecule is Cc1ncccc1Sc1ccccc1. The van der Waals surface area contributed by atoms with Gasteiger partial charge < -0.3 is 0 Å². The van der Waals surface area contributed by atoms with E-state index in [4.69, 9.17) is 0 Å². The van der Waals surface area contributed by atoms with E-state index in [1.54, 1.807) is 11.8 Å². The van der Waals surface area contributed by atoms with E-state index in [0.29, 0.717) is 0 Å². The van der Waals surface area contributed by atoms with Crippen LogP contribution in [-0.2, 0) is 0 Å². The second-order valence-electron chi connectivity index (χ2n) is 3.00. The van der Waals surface area contributed by atoms with Gasteiger partial charge in [0.15, 0.2) is 0 Å². The molecule has 0 amide bonds. The van der Waals surface area contributed by atoms with Gasteiger partial charge in [0, 0.05) is 16.0 Å². The molecule has 14 heavy (non-hydrogen) atoms. The maximum atomic E-state index is 4.25. The van der Waals surface area contributed by atoms with Crippen molar-refractivity contribution in [1.82, 2.24) is 4.98 Å². The van der Waals surface area contributed by atoms with Gasteiger partial charge in [-0.25, -0.2) is 0 Å². The number of benzene rings is 1. The molecule has 70 valence electrons. The zero-order chi connectivity index (χ0) is 9.80. The largest absolute Gasteiger partial charge is 0.260 e. The minimum absolute atomic E-state index is 1.08. The van der Waals surface area contributed by atoms with Crippen LogP contribution in [0.2, 0.25) is 0 Å². The van der Waals surface area contributed by atoms with E-state index in [1.807, 2.05) is 37.4 Å². The second kappa shape index (κ2) is 4.29. The summed E-state index contributed by atoms with van der Waals surface area (Å²) in [5.74, 6) is 0. The lowest BCUT2D eigenvalue weighted by atomic mass is 10.4. The van der Waals surface area contributed by atoms with Crippen LogP contribution in [0.25, 0.3) is 0 Å². The predicted molar refractivity (Wildman–Crippen MR) is 59.5 cm³/mol. The number of hydrogen-bond acceptors (Lipinski definition) is 2. The molecule has 0 aliphatic heterocycles. The van der Waals surface area contributed by atoms with Crippen LogP contribution in [0.3, 0.4) is 0 Å². The van der Waals surface area contributed by atoms with Gasteiger partial charge >= 0.3 is 0 Å². The van der Waals surface area contributed by atoms with E-state index in [1.165, 1.54) is 9.79 Å². The van der Waals surface area contributed by atoms with Crippen molar-refractivity contribution in [1.29, 1.82) is 0 Å². The molecule has 0 spiro atoms. The Labute approximate surface area is 88.2 Å². The highest BCUT2D eigenvalue weighted by atomic mass is 32.2. The van der Waals surface area contributed by atoms with Crippen molar-refractivity contribution in [2.24, 2.45) is 0 Å². The Morgan fingerprint density at radius 1 is 1.00 bits per heavy atom. The quantitative estimate of drug-likeness (QED) is 0.737. The van der Waals surface area contributed by atoms with Gasteiger partial charge in [-0.2, -0.15) is 0 Å². The molecule has 0 unspecified atom stereocenters. The minimum atomic E-state index is 1.08. The molecule has 2 aromatic rings. The van der Waals surface area contributed by atoms with Crippen LogP contribution in [-0.4, -0.2) is 4.98 Å². The van der Waals surface area contributed by atoms with Gasteiger partial charge in [0.05, 0.1) is 5.69 Å². The first kappa shape index (κ1) is 9.28. The molecular weight excluding hydrogens is 190 g/mol. The fourth-order valence-corrected chi connectivity index (χ4v) is 2.09. The van der Waals surface area contributed by atoms with E-state index < -0.39 is 0 Å². The van der Waals surface area contributed by atoms with Crippen LogP contribution in [0.1, 0.15) is 5.69 Å². The third kappa shape index (κ3) is 2.15. The summed E-state index contributed by atoms with van der Waals surface area (Å²) >= 11 is 1.75. The summed E-state index contributed by atoms with van der Waals surface area (Å²) < 4.78 is 0. The molecule has 0 aliphatic carbocycles. The fraction of sp³-hybridized carbons (Fsp3) is 0.0833. The zero-order valence-corrected chi connectivity index (χ0v) is 8.79. The molecule has 2 heteroatoms. The van der Waals surface area contributed by atoms with Crippen molar-refractivity contribution in [3.8, 4) is 0 Å². The van der Waals surface area contributed by atoms with Crippen molar-refractivity contribution in [3.63, 3.8) is 0 Å². The standard InChI is InChI=1S/C12H11NS/c1-10-12(8-5-9-13-10)14-11-6-3-2-4-7-11/h2-9H,1H3. The summed E-state index contributed by atoms with van der Waals surface area (Å²) in [4.78, 5) is 6.73. The number of rotatable bonds is 2. The topological polar surface area (TPSA) is 12.9 Å². The average molecular weight is 201 g/mol. The summed E-state index contributed by atoms with van der Waals surface area (Å²) in [7, 11) is 0. The molecule has 0 saturated carbocycles. The maximum Gasteiger partial charge on any atom is 0.0511 e. The lowest BCUT2D eigenvalue weighted by molar-refractivity contribution is 1.11. The van der Waals surface area contributed by atoms with Crippen molar-refractivity contribution >= 4 is 11.8 Å². The fourth-order valence-electron chi connectivity index (χ4n) is 1.19. The molecule has 1 heterocycles. The van der Waals surface area contributed by atoms with E-state index in [-0.39, 0.29) is 0 Å². The van der Waals surface area contributed by atoms with Crippen molar-refractivity contribution < 1.29 is 0 Å². The summed E-state index contributed by atoms with van der Waals surface area (Å²) in [5.41, 5.74) is 1.08. The van der Waals surface area contributed by atoms with E-state index in [0.717, 1.165) is 5.69 Å². The van der Waals surface area contributed by atoms with Gasteiger partial charge in [-0.15, -0.1) is 0 Å². The van der Waals surface area contributed by atoms with Gasteiger partial charge in [0.25, 0.3) is 0 Å². The van der Waals surface area contributed by atoms with Crippen LogP contribution in [0.4, 0.5) is 0 Å². The summed E-state index contributed by atoms with van der Waals surface area (Å²) in [5, 5.41) is 0. The monoisotopic (exact) mass is 201 g/mol. The van der Waals surface area contributed by atoms with Gasteiger partial charge in [0.2, 0.25) is 0 Å². The molecule has 0 bridgehead atoms. The third-order valence-electron chi connectivity index (χ3n) is 1.93. The number of pyridine rings is 1. The molecule has 1 aromatic heterocycles. The van der Waals surface area contributed by atoms with Crippen LogP contribution in [0, 0.1) is 6.92 Å². The number of hydrogen-bond donors (Lipinski definition) is 0. The van der Waals surface area contributed by atoms with Crippen LogP contribution in [0.5, 0.6) is 0 Å². The van der Waals surface area contributed by atoms with Crippen molar-refractivity contribution in [2.75, 3.05) is 0 Å². The van der Waals surface area contributed by atoms with E-state index >= 15 is 0 Å². The van der Waals surface area contributed by atoms with Gasteiger partial charge in [-0.05, 0) is 31.2 Å². The molecule has 0 N–H and O–H groups in total. The Morgan fingerprint density at radius 3 is 2.50 bits per heavy atom. The van der Waals surface area contributed by atoms with Crippen LogP contribution in [0.15, 0.2) is 58.5 Å². The Hall–Kier alpha value is -1.28. The summed E-state index contributed by atoms with van der Waals surface area (Å²) in [6, 6.07) is 14.4. The van der Waals surface area contributed by atoms with Crippen molar-refractivity contribution in [2.45, 2.75) is 16.7 Å². The second-order valence-corrected chi connectivity index (χ2v) is 4.12. The smallest absolute Gasteiger partial charge is 0.0511 e. The lowest BCUT2D eigenvalue weighted by Crippen LogP contribution is -1.82. The Balaban J connectivity index is 2.24. The highest BCUT2D eigenvalue weighted by molar-refractivity contribution is 7.99. The Bertz CT molecular complexity index is 412. The van der Waals surface area contributed by atoms with E-state index in [9.17, 15) is 0 Å². The molecule has 0 aliphatic rings. The summed E-state index contributed by atoms with van der Waals surface area (Å²) in [6.07, 6.45) is 1.82. The molecule has 0 radical (unpaired) electrons. The zero-order valence-electron chi connectivity index (χ0n) is 7.97. The minimum Gasteiger partial charge on any atom is -0.260 e. The number of aromatic nitrogens is 1. The van der Waals surface area contributed by atoms with Gasteiger partial charge in [-0.1, -0.05) is 30.0 Å². The molecule has 2 rings (SSSR count). The molecular formula is C12H11NS. The number of aryl methyl sites for hydroxylation is 1. The van der Waals surface area contributed by atoms with Gasteiger partial charge in [-0.3, -0.25) is 4.98 Å². The lowest BCUT2D eigenvalue weighted by Gasteiger charge is -2.03. The average Bonchev–Trinajstić information content (AvgIpc) is 2.23. The number of nitrogens with zero attached hydrogens (tertiary/aromatic N) is 1. The normalized spacial score (nSPS) is 10.1. The highest BCUT2D eigenvalue weighted by Crippen LogP contribution is 2.28. The third-order valence-corrected chi connectivity index (χ3v) is 3.09. The highest BCUT2D eigenvalue weighted by Gasteiger charge is 1.99. The Morgan fingerprint density at radius 2 is 1.79 bits per heavy atom. The van der Waals surface area contributed by atoms with Crippen LogP contribution < -0.4 is 0 Å². The first-order valence-corrected chi connectivity index (χ1v) is 5.32. The summed E-state index contributed by atoms with van der Waals surface area (Å²) in [6.45, 7) is 2.03. The first-order chi connectivity index (χ1) is 6.86. The van der Waals surface area contributed by atoms with Gasteiger partial charge in [0.1, 0.15) is 0 Å². The molecule has 0 atom stereocenters. The van der Waals surface area contributed by atoms with Crippen molar-refractivity contribution in [3.05, 3.63) is 54.4 Å².